The molecule has 1 amide bonds. The Morgan fingerprint density at radius 1 is 1.15 bits per heavy atom. The van der Waals surface area contributed by atoms with Crippen LogP contribution in [0.5, 0.6) is 5.88 Å². The molecule has 0 aliphatic carbocycles. The SMILES string of the molecule is CCNc1ccc(-c2c(F)cccc2F)nc1C(=O)Nc1cncnc1OC1CCNCC1. The molecule has 1 aliphatic rings. The number of amides is 1. The van der Waals surface area contributed by atoms with E-state index in [2.05, 4.69) is 30.9 Å². The summed E-state index contributed by atoms with van der Waals surface area (Å²) in [6.07, 6.45) is 4.39. The Bertz CT molecular complexity index is 1120. The van der Waals surface area contributed by atoms with Crippen LogP contribution in [0.1, 0.15) is 30.3 Å². The number of nitrogens with one attached hydrogen (secondary N) is 3. The molecule has 0 bridgehead atoms. The van der Waals surface area contributed by atoms with Gasteiger partial charge in [0, 0.05) is 6.54 Å². The van der Waals surface area contributed by atoms with Crippen LogP contribution in [0.3, 0.4) is 0 Å². The van der Waals surface area contributed by atoms with Crippen molar-refractivity contribution < 1.29 is 18.3 Å². The molecule has 1 saturated heterocycles. The number of hydrogen-bond donors (Lipinski definition) is 3. The number of hydrogen-bond acceptors (Lipinski definition) is 7. The van der Waals surface area contributed by atoms with Gasteiger partial charge in [-0.05, 0) is 57.1 Å². The maximum Gasteiger partial charge on any atom is 0.276 e. The average molecular weight is 454 g/mol. The molecule has 0 unspecified atom stereocenters. The summed E-state index contributed by atoms with van der Waals surface area (Å²) < 4.78 is 34.6. The Kier molecular flexibility index (Phi) is 7.04. The number of benzene rings is 1. The second kappa shape index (κ2) is 10.3. The standard InChI is InChI=1S/C23H24F2N6O2/c1-2-28-18-7-6-17(20-15(24)4-3-5-16(20)25)30-21(18)22(32)31-19-12-27-13-29-23(19)33-14-8-10-26-11-9-14/h3-7,12-14,26,28H,2,8-11H2,1H3,(H,31,32). The summed E-state index contributed by atoms with van der Waals surface area (Å²) in [5.74, 6) is -1.86. The van der Waals surface area contributed by atoms with Gasteiger partial charge in [0.15, 0.2) is 5.69 Å². The predicted octanol–water partition coefficient (Wildman–Crippen LogP) is 3.63. The molecule has 3 N–H and O–H groups in total. The fourth-order valence-corrected chi connectivity index (χ4v) is 3.60. The molecule has 2 aromatic heterocycles. The fourth-order valence-electron chi connectivity index (χ4n) is 3.60. The van der Waals surface area contributed by atoms with Crippen molar-refractivity contribution in [2.45, 2.75) is 25.9 Å². The molecule has 0 atom stereocenters. The number of carbonyl (C=O) groups is 1. The van der Waals surface area contributed by atoms with Crippen LogP contribution in [0, 0.1) is 11.6 Å². The number of halogens is 2. The summed E-state index contributed by atoms with van der Waals surface area (Å²) in [7, 11) is 0. The maximum atomic E-state index is 14.3. The number of piperidine rings is 1. The van der Waals surface area contributed by atoms with Crippen LogP contribution in [-0.4, -0.2) is 46.6 Å². The number of aromatic nitrogens is 3. The summed E-state index contributed by atoms with van der Waals surface area (Å²) in [5.41, 5.74) is 0.398. The molecule has 8 nitrogen and oxygen atoms in total. The van der Waals surface area contributed by atoms with E-state index in [4.69, 9.17) is 4.74 Å². The highest BCUT2D eigenvalue weighted by molar-refractivity contribution is 6.07. The second-order valence-corrected chi connectivity index (χ2v) is 7.48. The molecular weight excluding hydrogens is 430 g/mol. The lowest BCUT2D eigenvalue weighted by Crippen LogP contribution is -2.34. The van der Waals surface area contributed by atoms with Gasteiger partial charge in [0.25, 0.3) is 5.91 Å². The van der Waals surface area contributed by atoms with Crippen molar-refractivity contribution in [2.75, 3.05) is 30.3 Å². The first-order valence-corrected chi connectivity index (χ1v) is 10.7. The molecule has 0 saturated carbocycles. The third kappa shape index (κ3) is 5.23. The molecule has 3 aromatic rings. The van der Waals surface area contributed by atoms with E-state index in [1.54, 1.807) is 6.07 Å². The molecule has 10 heteroatoms. The van der Waals surface area contributed by atoms with Crippen molar-refractivity contribution in [3.63, 3.8) is 0 Å². The zero-order valence-electron chi connectivity index (χ0n) is 18.1. The molecular formula is C23H24F2N6O2. The Morgan fingerprint density at radius 3 is 2.64 bits per heavy atom. The summed E-state index contributed by atoms with van der Waals surface area (Å²) >= 11 is 0. The van der Waals surface area contributed by atoms with Crippen LogP contribution in [0.15, 0.2) is 42.9 Å². The first-order valence-electron chi connectivity index (χ1n) is 10.7. The molecule has 0 spiro atoms. The minimum Gasteiger partial charge on any atom is -0.473 e. The van der Waals surface area contributed by atoms with Gasteiger partial charge in [-0.1, -0.05) is 6.07 Å². The van der Waals surface area contributed by atoms with Crippen molar-refractivity contribution in [3.8, 4) is 17.1 Å². The third-order valence-corrected chi connectivity index (χ3v) is 5.18. The van der Waals surface area contributed by atoms with Gasteiger partial charge in [0.2, 0.25) is 5.88 Å². The smallest absolute Gasteiger partial charge is 0.276 e. The quantitative estimate of drug-likeness (QED) is 0.501. The number of carbonyl (C=O) groups excluding carboxylic acids is 1. The summed E-state index contributed by atoms with van der Waals surface area (Å²) in [6.45, 7) is 4.07. The molecule has 33 heavy (non-hydrogen) atoms. The third-order valence-electron chi connectivity index (χ3n) is 5.18. The minimum atomic E-state index is -0.765. The molecule has 3 heterocycles. The Labute approximate surface area is 189 Å². The molecule has 0 radical (unpaired) electrons. The fraction of sp³-hybridized carbons (Fsp3) is 0.304. The zero-order chi connectivity index (χ0) is 23.2. The van der Waals surface area contributed by atoms with Gasteiger partial charge in [-0.25, -0.2) is 18.7 Å². The van der Waals surface area contributed by atoms with E-state index in [1.165, 1.54) is 24.7 Å². The van der Waals surface area contributed by atoms with Gasteiger partial charge in [-0.2, -0.15) is 4.98 Å². The highest BCUT2D eigenvalue weighted by Gasteiger charge is 2.22. The van der Waals surface area contributed by atoms with Crippen LogP contribution in [0.25, 0.3) is 11.3 Å². The van der Waals surface area contributed by atoms with Crippen molar-refractivity contribution in [2.24, 2.45) is 0 Å². The largest absolute Gasteiger partial charge is 0.473 e. The van der Waals surface area contributed by atoms with Gasteiger partial charge in [0.05, 0.1) is 23.1 Å². The molecule has 1 aliphatic heterocycles. The van der Waals surface area contributed by atoms with Crippen molar-refractivity contribution in [1.29, 1.82) is 0 Å². The number of rotatable bonds is 7. The highest BCUT2D eigenvalue weighted by Crippen LogP contribution is 2.28. The number of ether oxygens (including phenoxy) is 1. The van der Waals surface area contributed by atoms with Crippen LogP contribution < -0.4 is 20.7 Å². The highest BCUT2D eigenvalue weighted by atomic mass is 19.1. The summed E-state index contributed by atoms with van der Waals surface area (Å²) in [4.78, 5) is 25.6. The van der Waals surface area contributed by atoms with E-state index in [9.17, 15) is 13.6 Å². The zero-order valence-corrected chi connectivity index (χ0v) is 18.1. The molecule has 4 rings (SSSR count). The number of nitrogens with zero attached hydrogens (tertiary/aromatic N) is 3. The van der Waals surface area contributed by atoms with Crippen LogP contribution in [0.2, 0.25) is 0 Å². The first-order chi connectivity index (χ1) is 16.1. The van der Waals surface area contributed by atoms with Crippen molar-refractivity contribution in [1.82, 2.24) is 20.3 Å². The number of anilines is 2. The predicted molar refractivity (Wildman–Crippen MR) is 120 cm³/mol. The lowest BCUT2D eigenvalue weighted by Gasteiger charge is -2.24. The van der Waals surface area contributed by atoms with Gasteiger partial charge in [-0.3, -0.25) is 4.79 Å². The molecule has 1 fully saturated rings. The van der Waals surface area contributed by atoms with Gasteiger partial charge < -0.3 is 20.7 Å². The minimum absolute atomic E-state index is 0.00731. The second-order valence-electron chi connectivity index (χ2n) is 7.48. The van der Waals surface area contributed by atoms with E-state index in [0.29, 0.717) is 12.2 Å². The lowest BCUT2D eigenvalue weighted by molar-refractivity contribution is 0.102. The Balaban J connectivity index is 1.64. The van der Waals surface area contributed by atoms with Gasteiger partial charge in [0.1, 0.15) is 29.8 Å². The van der Waals surface area contributed by atoms with Gasteiger partial charge in [-0.15, -0.1) is 0 Å². The van der Waals surface area contributed by atoms with Crippen LogP contribution in [0.4, 0.5) is 20.2 Å². The Hall–Kier alpha value is -3.66. The lowest BCUT2D eigenvalue weighted by atomic mass is 10.1. The van der Waals surface area contributed by atoms with Crippen LogP contribution >= 0.6 is 0 Å². The van der Waals surface area contributed by atoms with Gasteiger partial charge >= 0.3 is 0 Å². The van der Waals surface area contributed by atoms with E-state index in [-0.39, 0.29) is 34.6 Å². The first kappa shape index (κ1) is 22.5. The van der Waals surface area contributed by atoms with Crippen molar-refractivity contribution >= 4 is 17.3 Å². The summed E-state index contributed by atoms with van der Waals surface area (Å²) in [5, 5.41) is 9.04. The molecule has 1 aromatic carbocycles. The normalized spacial score (nSPS) is 14.0. The average Bonchev–Trinajstić information content (AvgIpc) is 2.82. The van der Waals surface area contributed by atoms with E-state index in [0.717, 1.165) is 38.1 Å². The topological polar surface area (TPSA) is 101 Å². The molecule has 172 valence electrons. The maximum absolute atomic E-state index is 14.3. The Morgan fingerprint density at radius 2 is 1.91 bits per heavy atom. The van der Waals surface area contributed by atoms with E-state index in [1.807, 2.05) is 6.92 Å². The summed E-state index contributed by atoms with van der Waals surface area (Å²) in [6, 6.07) is 6.59. The van der Waals surface area contributed by atoms with Crippen molar-refractivity contribution in [3.05, 3.63) is 60.2 Å². The van der Waals surface area contributed by atoms with E-state index < -0.39 is 17.5 Å². The van der Waals surface area contributed by atoms with E-state index >= 15 is 0 Å². The number of pyridine rings is 1. The van der Waals surface area contributed by atoms with Crippen LogP contribution in [-0.2, 0) is 0 Å². The monoisotopic (exact) mass is 454 g/mol.